The maximum atomic E-state index is 12.4. The molecule has 1 atom stereocenters. The van der Waals surface area contributed by atoms with Crippen LogP contribution in [0.3, 0.4) is 0 Å². The summed E-state index contributed by atoms with van der Waals surface area (Å²) in [5.74, 6) is -0.187. The molecule has 0 bridgehead atoms. The van der Waals surface area contributed by atoms with Crippen LogP contribution in [-0.2, 0) is 23.1 Å². The molecule has 1 aliphatic heterocycles. The Morgan fingerprint density at radius 1 is 1.43 bits per heavy atom. The Kier molecular flexibility index (Phi) is 4.36. The summed E-state index contributed by atoms with van der Waals surface area (Å²) in [6, 6.07) is 3.33. The predicted octanol–water partition coefficient (Wildman–Crippen LogP) is 0.669. The summed E-state index contributed by atoms with van der Waals surface area (Å²) in [7, 11) is 1.81. The lowest BCUT2D eigenvalue weighted by Gasteiger charge is -2.15. The van der Waals surface area contributed by atoms with Crippen molar-refractivity contribution < 1.29 is 9.59 Å². The summed E-state index contributed by atoms with van der Waals surface area (Å²) in [6.07, 6.45) is 8.49. The van der Waals surface area contributed by atoms with E-state index in [1.165, 1.54) is 0 Å². The number of pyridine rings is 1. The van der Waals surface area contributed by atoms with Crippen LogP contribution in [0, 0.1) is 0 Å². The van der Waals surface area contributed by atoms with Crippen molar-refractivity contribution in [3.63, 3.8) is 0 Å². The van der Waals surface area contributed by atoms with Gasteiger partial charge in [-0.2, -0.15) is 5.10 Å². The summed E-state index contributed by atoms with van der Waals surface area (Å²) >= 11 is 0. The highest BCUT2D eigenvalue weighted by molar-refractivity contribution is 6.01. The Balaban J connectivity index is 1.52. The Morgan fingerprint density at radius 3 is 3.00 bits per heavy atom. The number of carbonyl (C=O) groups is 2. The number of anilines is 1. The average Bonchev–Trinajstić information content (AvgIpc) is 3.13. The first-order valence-electron chi connectivity index (χ1n) is 7.62. The maximum absolute atomic E-state index is 12.4. The normalized spacial score (nSPS) is 17.5. The van der Waals surface area contributed by atoms with Gasteiger partial charge >= 0.3 is 0 Å². The fraction of sp³-hybridized carbons (Fsp3) is 0.375. The zero-order valence-electron chi connectivity index (χ0n) is 13.0. The molecule has 1 saturated heterocycles. The number of nitrogens with zero attached hydrogens (tertiary/aromatic N) is 4. The first-order valence-corrected chi connectivity index (χ1v) is 7.62. The van der Waals surface area contributed by atoms with Gasteiger partial charge in [0, 0.05) is 38.6 Å². The summed E-state index contributed by atoms with van der Waals surface area (Å²) in [5.41, 5.74) is 1.78. The van der Waals surface area contributed by atoms with Gasteiger partial charge in [-0.3, -0.25) is 19.3 Å². The van der Waals surface area contributed by atoms with E-state index >= 15 is 0 Å². The van der Waals surface area contributed by atoms with Crippen LogP contribution in [0.2, 0.25) is 0 Å². The van der Waals surface area contributed by atoms with Crippen LogP contribution in [0.4, 0.5) is 5.69 Å². The van der Waals surface area contributed by atoms with Gasteiger partial charge in [0.05, 0.1) is 11.9 Å². The largest absolute Gasteiger partial charge is 0.344 e. The molecule has 0 saturated carbocycles. The third-order valence-corrected chi connectivity index (χ3v) is 3.91. The standard InChI is InChI=1S/C16H19N5O2/c1-20-11-13(10-18-20)21-8-6-14(16(21)23)19-15(22)5-4-12-3-2-7-17-9-12/h2-3,7,9-11,14H,4-6,8H2,1H3,(H,19,22). The topological polar surface area (TPSA) is 80.1 Å². The minimum atomic E-state index is -0.448. The molecule has 0 spiro atoms. The van der Waals surface area contributed by atoms with Gasteiger partial charge in [0.15, 0.2) is 0 Å². The van der Waals surface area contributed by atoms with Crippen molar-refractivity contribution in [2.45, 2.75) is 25.3 Å². The SMILES string of the molecule is Cn1cc(N2CCC(NC(=O)CCc3cccnc3)C2=O)cn1. The first kappa shape index (κ1) is 15.2. The lowest BCUT2D eigenvalue weighted by atomic mass is 10.1. The molecule has 3 heterocycles. The lowest BCUT2D eigenvalue weighted by Crippen LogP contribution is -2.41. The van der Waals surface area contributed by atoms with Gasteiger partial charge < -0.3 is 10.2 Å². The lowest BCUT2D eigenvalue weighted by molar-refractivity contribution is -0.126. The van der Waals surface area contributed by atoms with E-state index in [0.717, 1.165) is 11.3 Å². The number of rotatable bonds is 5. The smallest absolute Gasteiger partial charge is 0.249 e. The summed E-state index contributed by atoms with van der Waals surface area (Å²) in [6.45, 7) is 0.595. The van der Waals surface area contributed by atoms with Gasteiger partial charge in [0.2, 0.25) is 11.8 Å². The predicted molar refractivity (Wildman–Crippen MR) is 84.7 cm³/mol. The summed E-state index contributed by atoms with van der Waals surface area (Å²) in [4.78, 5) is 30.1. The number of aryl methyl sites for hydroxylation is 2. The van der Waals surface area contributed by atoms with Crippen molar-refractivity contribution >= 4 is 17.5 Å². The van der Waals surface area contributed by atoms with E-state index in [-0.39, 0.29) is 11.8 Å². The second-order valence-corrected chi connectivity index (χ2v) is 5.63. The van der Waals surface area contributed by atoms with Gasteiger partial charge in [0.1, 0.15) is 6.04 Å². The minimum absolute atomic E-state index is 0.0762. The fourth-order valence-corrected chi connectivity index (χ4v) is 2.69. The molecule has 0 aliphatic carbocycles. The third kappa shape index (κ3) is 3.56. The Labute approximate surface area is 134 Å². The quantitative estimate of drug-likeness (QED) is 0.880. The van der Waals surface area contributed by atoms with Crippen LogP contribution < -0.4 is 10.2 Å². The molecular formula is C16H19N5O2. The van der Waals surface area contributed by atoms with E-state index in [9.17, 15) is 9.59 Å². The molecule has 120 valence electrons. The molecule has 1 unspecified atom stereocenters. The summed E-state index contributed by atoms with van der Waals surface area (Å²) < 4.78 is 1.66. The van der Waals surface area contributed by atoms with Crippen LogP contribution in [0.25, 0.3) is 0 Å². The van der Waals surface area contributed by atoms with Crippen molar-refractivity contribution in [1.82, 2.24) is 20.1 Å². The van der Waals surface area contributed by atoms with Crippen molar-refractivity contribution in [1.29, 1.82) is 0 Å². The van der Waals surface area contributed by atoms with Gasteiger partial charge in [-0.25, -0.2) is 0 Å². The van der Waals surface area contributed by atoms with E-state index in [2.05, 4.69) is 15.4 Å². The number of aromatic nitrogens is 3. The first-order chi connectivity index (χ1) is 11.1. The number of hydrogen-bond acceptors (Lipinski definition) is 4. The van der Waals surface area contributed by atoms with Crippen molar-refractivity contribution in [2.24, 2.45) is 7.05 Å². The van der Waals surface area contributed by atoms with Gasteiger partial charge in [-0.1, -0.05) is 6.07 Å². The molecular weight excluding hydrogens is 294 g/mol. The average molecular weight is 313 g/mol. The highest BCUT2D eigenvalue weighted by Crippen LogP contribution is 2.20. The molecule has 1 N–H and O–H groups in total. The molecule has 2 aromatic heterocycles. The number of amides is 2. The molecule has 1 fully saturated rings. The van der Waals surface area contributed by atoms with Crippen LogP contribution in [-0.4, -0.2) is 39.2 Å². The molecule has 7 heteroatoms. The number of hydrogen-bond donors (Lipinski definition) is 1. The van der Waals surface area contributed by atoms with Crippen molar-refractivity contribution in [2.75, 3.05) is 11.4 Å². The molecule has 1 aliphatic rings. The molecule has 2 amide bonds. The van der Waals surface area contributed by atoms with Gasteiger partial charge in [-0.05, 0) is 24.5 Å². The van der Waals surface area contributed by atoms with Crippen LogP contribution in [0.15, 0.2) is 36.9 Å². The van der Waals surface area contributed by atoms with E-state index < -0.39 is 6.04 Å². The van der Waals surface area contributed by atoms with E-state index in [1.807, 2.05) is 19.2 Å². The highest BCUT2D eigenvalue weighted by Gasteiger charge is 2.33. The molecule has 3 rings (SSSR count). The third-order valence-electron chi connectivity index (χ3n) is 3.91. The van der Waals surface area contributed by atoms with Crippen molar-refractivity contribution in [3.05, 3.63) is 42.5 Å². The molecule has 23 heavy (non-hydrogen) atoms. The second-order valence-electron chi connectivity index (χ2n) is 5.63. The monoisotopic (exact) mass is 313 g/mol. The van der Waals surface area contributed by atoms with Gasteiger partial charge in [-0.15, -0.1) is 0 Å². The zero-order valence-corrected chi connectivity index (χ0v) is 13.0. The Morgan fingerprint density at radius 2 is 2.30 bits per heavy atom. The molecule has 2 aromatic rings. The van der Waals surface area contributed by atoms with E-state index in [1.54, 1.807) is 34.4 Å². The molecule has 7 nitrogen and oxygen atoms in total. The minimum Gasteiger partial charge on any atom is -0.344 e. The second kappa shape index (κ2) is 6.60. The molecule has 0 aromatic carbocycles. The van der Waals surface area contributed by atoms with Crippen molar-refractivity contribution in [3.8, 4) is 0 Å². The Bertz CT molecular complexity index is 698. The number of nitrogens with one attached hydrogen (secondary N) is 1. The highest BCUT2D eigenvalue weighted by atomic mass is 16.2. The zero-order chi connectivity index (χ0) is 16.2. The summed E-state index contributed by atoms with van der Waals surface area (Å²) in [5, 5.41) is 6.90. The fourth-order valence-electron chi connectivity index (χ4n) is 2.69. The van der Waals surface area contributed by atoms with Crippen LogP contribution >= 0.6 is 0 Å². The van der Waals surface area contributed by atoms with E-state index in [4.69, 9.17) is 0 Å². The molecule has 0 radical (unpaired) electrons. The van der Waals surface area contributed by atoms with Crippen LogP contribution in [0.5, 0.6) is 0 Å². The van der Waals surface area contributed by atoms with E-state index in [0.29, 0.717) is 25.8 Å². The van der Waals surface area contributed by atoms with Crippen LogP contribution in [0.1, 0.15) is 18.4 Å². The Hall–Kier alpha value is -2.70. The van der Waals surface area contributed by atoms with Gasteiger partial charge in [0.25, 0.3) is 0 Å². The maximum Gasteiger partial charge on any atom is 0.249 e. The number of carbonyl (C=O) groups excluding carboxylic acids is 2.